The van der Waals surface area contributed by atoms with E-state index < -0.39 is 11.5 Å². The number of aliphatic carboxylic acids is 1. The monoisotopic (exact) mass is 345 g/mol. The van der Waals surface area contributed by atoms with Gasteiger partial charge in [0.15, 0.2) is 0 Å². The summed E-state index contributed by atoms with van der Waals surface area (Å²) < 4.78 is 5.57. The van der Waals surface area contributed by atoms with E-state index in [-0.39, 0.29) is 24.7 Å². The molecule has 1 aromatic heterocycles. The maximum Gasteiger partial charge on any atom is 0.305 e. The third-order valence-electron chi connectivity index (χ3n) is 4.27. The van der Waals surface area contributed by atoms with Crippen molar-refractivity contribution in [1.82, 2.24) is 15.5 Å². The molecule has 25 heavy (non-hydrogen) atoms. The van der Waals surface area contributed by atoms with Crippen LogP contribution in [-0.2, 0) is 16.0 Å². The van der Waals surface area contributed by atoms with Gasteiger partial charge in [-0.1, -0.05) is 32.0 Å². The molecule has 0 aliphatic heterocycles. The summed E-state index contributed by atoms with van der Waals surface area (Å²) in [5.41, 5.74) is 0.0204. The average molecular weight is 345 g/mol. The summed E-state index contributed by atoms with van der Waals surface area (Å²) in [6, 6.07) is 9.38. The van der Waals surface area contributed by atoms with Crippen molar-refractivity contribution < 1.29 is 19.1 Å². The Morgan fingerprint density at radius 2 is 1.92 bits per heavy atom. The molecule has 1 unspecified atom stereocenters. The quantitative estimate of drug-likeness (QED) is 0.762. The van der Waals surface area contributed by atoms with Crippen molar-refractivity contribution in [3.63, 3.8) is 0 Å². The van der Waals surface area contributed by atoms with Gasteiger partial charge < -0.3 is 14.8 Å². The van der Waals surface area contributed by atoms with Crippen LogP contribution in [-0.4, -0.2) is 32.7 Å². The first-order valence-electron chi connectivity index (χ1n) is 8.21. The number of carbonyl (C=O) groups is 2. The van der Waals surface area contributed by atoms with Crippen molar-refractivity contribution in [2.75, 3.05) is 0 Å². The molecule has 0 fully saturated rings. The van der Waals surface area contributed by atoms with Gasteiger partial charge in [0.25, 0.3) is 0 Å². The Labute approximate surface area is 146 Å². The van der Waals surface area contributed by atoms with Crippen molar-refractivity contribution in [2.24, 2.45) is 5.92 Å². The van der Waals surface area contributed by atoms with E-state index in [0.29, 0.717) is 18.2 Å². The number of carboxylic acids is 1. The third-order valence-corrected chi connectivity index (χ3v) is 4.27. The molecular formula is C18H23N3O4. The lowest BCUT2D eigenvalue weighted by Crippen LogP contribution is -2.51. The molecule has 0 saturated carbocycles. The number of aromatic nitrogens is 2. The molecular weight excluding hydrogens is 322 g/mol. The summed E-state index contributed by atoms with van der Waals surface area (Å²) in [6.45, 7) is 5.50. The first kappa shape index (κ1) is 18.6. The van der Waals surface area contributed by atoms with E-state index in [1.165, 1.54) is 0 Å². The number of hydrogen-bond acceptors (Lipinski definition) is 5. The maximum atomic E-state index is 12.2. The Morgan fingerprint density at radius 1 is 1.24 bits per heavy atom. The van der Waals surface area contributed by atoms with Gasteiger partial charge >= 0.3 is 5.97 Å². The molecule has 1 atom stereocenters. The van der Waals surface area contributed by atoms with E-state index in [0.717, 1.165) is 5.56 Å². The molecule has 1 amide bonds. The van der Waals surface area contributed by atoms with E-state index in [9.17, 15) is 9.59 Å². The number of carboxylic acid groups (broad SMARTS) is 1. The van der Waals surface area contributed by atoms with Gasteiger partial charge in [-0.3, -0.25) is 9.59 Å². The number of aryl methyl sites for hydroxylation is 1. The van der Waals surface area contributed by atoms with Gasteiger partial charge in [-0.15, -0.1) is 10.2 Å². The van der Waals surface area contributed by atoms with Gasteiger partial charge in [-0.25, -0.2) is 0 Å². The van der Waals surface area contributed by atoms with Crippen LogP contribution in [0.5, 0.6) is 0 Å². The minimum absolute atomic E-state index is 0.0133. The molecule has 2 aromatic rings. The molecule has 0 aliphatic carbocycles. The van der Waals surface area contributed by atoms with Crippen LogP contribution in [0.4, 0.5) is 0 Å². The molecule has 7 heteroatoms. The van der Waals surface area contributed by atoms with Crippen LogP contribution in [0.15, 0.2) is 34.7 Å². The third kappa shape index (κ3) is 5.14. The zero-order valence-corrected chi connectivity index (χ0v) is 14.7. The number of rotatable bonds is 8. The lowest BCUT2D eigenvalue weighted by molar-refractivity contribution is -0.139. The zero-order chi connectivity index (χ0) is 18.4. The highest BCUT2D eigenvalue weighted by Gasteiger charge is 2.32. The fraction of sp³-hybridized carbons (Fsp3) is 0.444. The van der Waals surface area contributed by atoms with E-state index in [4.69, 9.17) is 9.52 Å². The molecule has 0 saturated heterocycles. The largest absolute Gasteiger partial charge is 0.481 e. The van der Waals surface area contributed by atoms with Gasteiger partial charge in [-0.2, -0.15) is 0 Å². The maximum absolute atomic E-state index is 12.2. The van der Waals surface area contributed by atoms with E-state index in [1.54, 1.807) is 6.92 Å². The molecule has 7 nitrogen and oxygen atoms in total. The van der Waals surface area contributed by atoms with E-state index >= 15 is 0 Å². The second-order valence-corrected chi connectivity index (χ2v) is 6.56. The van der Waals surface area contributed by atoms with Crippen molar-refractivity contribution in [1.29, 1.82) is 0 Å². The Hall–Kier alpha value is -2.70. The van der Waals surface area contributed by atoms with Crippen LogP contribution in [0.25, 0.3) is 11.5 Å². The molecule has 134 valence electrons. The molecule has 2 N–H and O–H groups in total. The van der Waals surface area contributed by atoms with Crippen LogP contribution in [0.3, 0.4) is 0 Å². The number of benzene rings is 1. The number of nitrogens with zero attached hydrogens (tertiary/aromatic N) is 2. The predicted octanol–water partition coefficient (Wildman–Crippen LogP) is 2.67. The number of nitrogens with one attached hydrogen (secondary N) is 1. The SMILES string of the molecule is CC(C)C(C)(CC(=O)O)NC(=O)CCc1nnc(-c2ccccc2)o1. The summed E-state index contributed by atoms with van der Waals surface area (Å²) in [4.78, 5) is 23.2. The van der Waals surface area contributed by atoms with E-state index in [2.05, 4.69) is 15.5 Å². The normalized spacial score (nSPS) is 13.4. The van der Waals surface area contributed by atoms with Crippen LogP contribution in [0, 0.1) is 5.92 Å². The Bertz CT molecular complexity index is 727. The minimum atomic E-state index is -0.944. The highest BCUT2D eigenvalue weighted by molar-refractivity contribution is 5.78. The van der Waals surface area contributed by atoms with Crippen LogP contribution < -0.4 is 5.32 Å². The number of hydrogen-bond donors (Lipinski definition) is 2. The summed E-state index contributed by atoms with van der Waals surface area (Å²) >= 11 is 0. The van der Waals surface area contributed by atoms with Crippen LogP contribution >= 0.6 is 0 Å². The first-order valence-corrected chi connectivity index (χ1v) is 8.21. The molecule has 2 rings (SSSR count). The molecule has 1 heterocycles. The number of amides is 1. The number of carbonyl (C=O) groups excluding carboxylic acids is 1. The summed E-state index contributed by atoms with van der Waals surface area (Å²) in [5.74, 6) is -0.411. The molecule has 0 bridgehead atoms. The fourth-order valence-electron chi connectivity index (χ4n) is 2.36. The van der Waals surface area contributed by atoms with Crippen molar-refractivity contribution in [3.8, 4) is 11.5 Å². The van der Waals surface area contributed by atoms with Gasteiger partial charge in [0.2, 0.25) is 17.7 Å². The zero-order valence-electron chi connectivity index (χ0n) is 14.7. The van der Waals surface area contributed by atoms with Gasteiger partial charge in [0.1, 0.15) is 0 Å². The fourth-order valence-corrected chi connectivity index (χ4v) is 2.36. The molecule has 1 aromatic carbocycles. The second kappa shape index (κ2) is 7.92. The summed E-state index contributed by atoms with van der Waals surface area (Å²) in [6.07, 6.45) is 0.320. The van der Waals surface area contributed by atoms with Crippen molar-refractivity contribution in [2.45, 2.75) is 45.6 Å². The predicted molar refractivity (Wildman–Crippen MR) is 91.7 cm³/mol. The highest BCUT2D eigenvalue weighted by Crippen LogP contribution is 2.21. The topological polar surface area (TPSA) is 105 Å². The lowest BCUT2D eigenvalue weighted by atomic mass is 9.85. The average Bonchev–Trinajstić information content (AvgIpc) is 3.02. The standard InChI is InChI=1S/C18H23N3O4/c1-12(2)18(3,11-16(23)24)19-14(22)9-10-15-20-21-17(25-15)13-7-5-4-6-8-13/h4-8,12H,9-11H2,1-3H3,(H,19,22)(H,23,24). The minimum Gasteiger partial charge on any atom is -0.481 e. The van der Waals surface area contributed by atoms with Gasteiger partial charge in [0.05, 0.1) is 6.42 Å². The Kier molecular flexibility index (Phi) is 5.90. The smallest absolute Gasteiger partial charge is 0.305 e. The summed E-state index contributed by atoms with van der Waals surface area (Å²) in [5, 5.41) is 19.8. The van der Waals surface area contributed by atoms with Crippen molar-refractivity contribution in [3.05, 3.63) is 36.2 Å². The highest BCUT2D eigenvalue weighted by atomic mass is 16.4. The Balaban J connectivity index is 1.94. The molecule has 0 spiro atoms. The molecule has 0 aliphatic rings. The summed E-state index contributed by atoms with van der Waals surface area (Å²) in [7, 11) is 0. The molecule has 0 radical (unpaired) electrons. The lowest BCUT2D eigenvalue weighted by Gasteiger charge is -2.33. The van der Waals surface area contributed by atoms with Gasteiger partial charge in [0, 0.05) is 23.9 Å². The van der Waals surface area contributed by atoms with Crippen molar-refractivity contribution >= 4 is 11.9 Å². The Morgan fingerprint density at radius 3 is 2.52 bits per heavy atom. The van der Waals surface area contributed by atoms with E-state index in [1.807, 2.05) is 44.2 Å². The van der Waals surface area contributed by atoms with Crippen LogP contribution in [0.2, 0.25) is 0 Å². The van der Waals surface area contributed by atoms with Crippen LogP contribution in [0.1, 0.15) is 39.5 Å². The second-order valence-electron chi connectivity index (χ2n) is 6.56. The van der Waals surface area contributed by atoms with Gasteiger partial charge in [-0.05, 0) is 25.0 Å². The first-order chi connectivity index (χ1) is 11.8.